The molecule has 0 aromatic carbocycles. The summed E-state index contributed by atoms with van der Waals surface area (Å²) in [6.07, 6.45) is 1.80. The molecule has 1 fully saturated rings. The molecular formula is C18H27N5O3. The number of piperidine rings is 1. The van der Waals surface area contributed by atoms with Crippen molar-refractivity contribution in [3.8, 4) is 0 Å². The van der Waals surface area contributed by atoms with Gasteiger partial charge >= 0.3 is 5.97 Å². The number of methoxy groups -OCH3 is 1. The second-order valence-corrected chi connectivity index (χ2v) is 6.22. The molecule has 0 saturated carbocycles. The number of anilines is 1. The average molecular weight is 361 g/mol. The van der Waals surface area contributed by atoms with Crippen LogP contribution in [0, 0.1) is 12.8 Å². The molecule has 0 atom stereocenters. The smallest absolute Gasteiger partial charge is 0.308 e. The van der Waals surface area contributed by atoms with Crippen molar-refractivity contribution in [1.29, 1.82) is 0 Å². The molecule has 1 aliphatic heterocycles. The van der Waals surface area contributed by atoms with Crippen LogP contribution in [0.3, 0.4) is 0 Å². The summed E-state index contributed by atoms with van der Waals surface area (Å²) in [5.74, 6) is 1.02. The van der Waals surface area contributed by atoms with Crippen LogP contribution in [-0.4, -0.2) is 61.5 Å². The Labute approximate surface area is 154 Å². The first-order chi connectivity index (χ1) is 12.5. The van der Waals surface area contributed by atoms with E-state index in [9.17, 15) is 9.59 Å². The van der Waals surface area contributed by atoms with Gasteiger partial charge in [0.2, 0.25) is 5.91 Å². The summed E-state index contributed by atoms with van der Waals surface area (Å²) >= 11 is 0. The molecule has 1 saturated heterocycles. The van der Waals surface area contributed by atoms with Gasteiger partial charge in [-0.1, -0.05) is 6.07 Å². The van der Waals surface area contributed by atoms with E-state index in [1.807, 2.05) is 19.1 Å². The van der Waals surface area contributed by atoms with Gasteiger partial charge in [-0.05, 0) is 31.9 Å². The number of hydrogen-bond donors (Lipinski definition) is 2. The van der Waals surface area contributed by atoms with Crippen LogP contribution < -0.4 is 10.6 Å². The predicted octanol–water partition coefficient (Wildman–Crippen LogP) is 1.18. The number of guanidine groups is 1. The zero-order chi connectivity index (χ0) is 18.9. The standard InChI is InChI=1S/C18H27N5O3/c1-13-5-4-6-15(21-13)22-16(24)7-10-20-18(19-2)23-11-8-14(9-12-23)17(25)26-3/h4-6,14H,7-12H2,1-3H3,(H,19,20)(H,21,22,24). The van der Waals surface area contributed by atoms with Gasteiger partial charge in [-0.2, -0.15) is 0 Å². The summed E-state index contributed by atoms with van der Waals surface area (Å²) in [5, 5.41) is 5.99. The van der Waals surface area contributed by atoms with Crippen molar-refractivity contribution in [3.63, 3.8) is 0 Å². The van der Waals surface area contributed by atoms with Crippen LogP contribution in [0.4, 0.5) is 5.82 Å². The zero-order valence-electron chi connectivity index (χ0n) is 15.6. The molecule has 2 N–H and O–H groups in total. The molecule has 1 aliphatic rings. The van der Waals surface area contributed by atoms with Crippen LogP contribution in [0.15, 0.2) is 23.2 Å². The average Bonchev–Trinajstić information content (AvgIpc) is 2.65. The molecule has 0 radical (unpaired) electrons. The Morgan fingerprint density at radius 3 is 2.69 bits per heavy atom. The van der Waals surface area contributed by atoms with Gasteiger partial charge in [0.1, 0.15) is 5.82 Å². The molecule has 0 unspecified atom stereocenters. The van der Waals surface area contributed by atoms with E-state index in [-0.39, 0.29) is 17.8 Å². The molecular weight excluding hydrogens is 334 g/mol. The van der Waals surface area contributed by atoms with Crippen molar-refractivity contribution in [2.75, 3.05) is 39.1 Å². The highest BCUT2D eigenvalue weighted by atomic mass is 16.5. The van der Waals surface area contributed by atoms with E-state index in [0.29, 0.717) is 18.8 Å². The maximum atomic E-state index is 12.0. The second kappa shape index (κ2) is 9.74. The molecule has 2 rings (SSSR count). The number of carbonyl (C=O) groups is 2. The van der Waals surface area contributed by atoms with E-state index in [2.05, 4.69) is 25.5 Å². The molecule has 1 aromatic rings. The first kappa shape index (κ1) is 19.7. The molecule has 1 amide bonds. The normalized spacial score (nSPS) is 15.5. The lowest BCUT2D eigenvalue weighted by atomic mass is 9.97. The van der Waals surface area contributed by atoms with Gasteiger partial charge in [-0.25, -0.2) is 4.98 Å². The lowest BCUT2D eigenvalue weighted by molar-refractivity contribution is -0.146. The largest absolute Gasteiger partial charge is 0.469 e. The number of nitrogens with one attached hydrogen (secondary N) is 2. The summed E-state index contributed by atoms with van der Waals surface area (Å²) in [5.41, 5.74) is 0.858. The van der Waals surface area contributed by atoms with Crippen LogP contribution in [0.2, 0.25) is 0 Å². The Morgan fingerprint density at radius 1 is 1.35 bits per heavy atom. The fourth-order valence-corrected chi connectivity index (χ4v) is 2.93. The SMILES string of the molecule is CN=C(NCCC(=O)Nc1cccc(C)n1)N1CCC(C(=O)OC)CC1. The van der Waals surface area contributed by atoms with Gasteiger partial charge < -0.3 is 20.3 Å². The summed E-state index contributed by atoms with van der Waals surface area (Å²) in [7, 11) is 3.14. The Hall–Kier alpha value is -2.64. The number of aryl methyl sites for hydroxylation is 1. The van der Waals surface area contributed by atoms with Gasteiger partial charge in [0.05, 0.1) is 13.0 Å². The first-order valence-electron chi connectivity index (χ1n) is 8.80. The van der Waals surface area contributed by atoms with E-state index in [1.54, 1.807) is 13.1 Å². The van der Waals surface area contributed by atoms with Crippen molar-refractivity contribution in [3.05, 3.63) is 23.9 Å². The number of likely N-dealkylation sites (tertiary alicyclic amines) is 1. The fourth-order valence-electron chi connectivity index (χ4n) is 2.93. The van der Waals surface area contributed by atoms with Crippen molar-refractivity contribution >= 4 is 23.7 Å². The number of ether oxygens (including phenoxy) is 1. The number of aliphatic imine (C=N–C) groups is 1. The van der Waals surface area contributed by atoms with Gasteiger partial charge in [0.25, 0.3) is 0 Å². The minimum absolute atomic E-state index is 0.0398. The third-order valence-corrected chi connectivity index (χ3v) is 4.33. The summed E-state index contributed by atoms with van der Waals surface area (Å²) < 4.78 is 4.81. The topological polar surface area (TPSA) is 95.9 Å². The lowest BCUT2D eigenvalue weighted by Gasteiger charge is -2.33. The summed E-state index contributed by atoms with van der Waals surface area (Å²) in [4.78, 5) is 34.2. The molecule has 0 bridgehead atoms. The number of pyridine rings is 1. The van der Waals surface area contributed by atoms with Gasteiger partial charge in [0.15, 0.2) is 5.96 Å². The number of nitrogens with zero attached hydrogens (tertiary/aromatic N) is 3. The van der Waals surface area contributed by atoms with Crippen molar-refractivity contribution < 1.29 is 14.3 Å². The molecule has 26 heavy (non-hydrogen) atoms. The van der Waals surface area contributed by atoms with E-state index < -0.39 is 0 Å². The van der Waals surface area contributed by atoms with E-state index in [1.165, 1.54) is 7.11 Å². The molecule has 8 nitrogen and oxygen atoms in total. The van der Waals surface area contributed by atoms with E-state index in [0.717, 1.165) is 37.6 Å². The van der Waals surface area contributed by atoms with Gasteiger partial charge in [-0.15, -0.1) is 0 Å². The highest BCUT2D eigenvalue weighted by molar-refractivity contribution is 5.90. The molecule has 2 heterocycles. The third kappa shape index (κ3) is 5.72. The van der Waals surface area contributed by atoms with Crippen LogP contribution in [0.25, 0.3) is 0 Å². The Morgan fingerprint density at radius 2 is 2.08 bits per heavy atom. The van der Waals surface area contributed by atoms with Gasteiger partial charge in [-0.3, -0.25) is 14.6 Å². The highest BCUT2D eigenvalue weighted by Gasteiger charge is 2.26. The van der Waals surface area contributed by atoms with Crippen LogP contribution >= 0.6 is 0 Å². The highest BCUT2D eigenvalue weighted by Crippen LogP contribution is 2.18. The molecule has 1 aromatic heterocycles. The Kier molecular flexibility index (Phi) is 7.37. The minimum Gasteiger partial charge on any atom is -0.469 e. The number of esters is 1. The molecule has 0 spiro atoms. The fraction of sp³-hybridized carbons (Fsp3) is 0.556. The monoisotopic (exact) mass is 361 g/mol. The third-order valence-electron chi connectivity index (χ3n) is 4.33. The maximum absolute atomic E-state index is 12.0. The lowest BCUT2D eigenvalue weighted by Crippen LogP contribution is -2.47. The number of rotatable bonds is 5. The van der Waals surface area contributed by atoms with E-state index in [4.69, 9.17) is 4.74 Å². The quantitative estimate of drug-likeness (QED) is 0.464. The summed E-state index contributed by atoms with van der Waals surface area (Å²) in [6.45, 7) is 3.82. The molecule has 0 aliphatic carbocycles. The molecule has 8 heteroatoms. The Bertz CT molecular complexity index is 654. The summed E-state index contributed by atoms with van der Waals surface area (Å²) in [6, 6.07) is 5.50. The minimum atomic E-state index is -0.144. The van der Waals surface area contributed by atoms with Crippen molar-refractivity contribution in [2.45, 2.75) is 26.2 Å². The number of aromatic nitrogens is 1. The predicted molar refractivity (Wildman–Crippen MR) is 99.9 cm³/mol. The zero-order valence-corrected chi connectivity index (χ0v) is 15.6. The molecule has 142 valence electrons. The number of amides is 1. The van der Waals surface area contributed by atoms with Crippen LogP contribution in [-0.2, 0) is 14.3 Å². The van der Waals surface area contributed by atoms with Gasteiger partial charge in [0, 0.05) is 38.8 Å². The maximum Gasteiger partial charge on any atom is 0.308 e. The first-order valence-corrected chi connectivity index (χ1v) is 8.80. The van der Waals surface area contributed by atoms with Crippen LogP contribution in [0.1, 0.15) is 25.0 Å². The number of hydrogen-bond acceptors (Lipinski definition) is 5. The Balaban J connectivity index is 1.74. The van der Waals surface area contributed by atoms with Crippen molar-refractivity contribution in [1.82, 2.24) is 15.2 Å². The van der Waals surface area contributed by atoms with Crippen LogP contribution in [0.5, 0.6) is 0 Å². The van der Waals surface area contributed by atoms with E-state index >= 15 is 0 Å². The second-order valence-electron chi connectivity index (χ2n) is 6.22. The number of carbonyl (C=O) groups excluding carboxylic acids is 2. The van der Waals surface area contributed by atoms with Crippen molar-refractivity contribution in [2.24, 2.45) is 10.9 Å².